The van der Waals surface area contributed by atoms with Crippen molar-refractivity contribution in [2.45, 2.75) is 64.1 Å². The summed E-state index contributed by atoms with van der Waals surface area (Å²) in [5.74, 6) is 0.873. The van der Waals surface area contributed by atoms with Crippen molar-refractivity contribution in [2.24, 2.45) is 0 Å². The maximum Gasteiger partial charge on any atom is 0.436 e. The van der Waals surface area contributed by atoms with Crippen LogP contribution in [0.2, 0.25) is 0 Å². The van der Waals surface area contributed by atoms with Crippen molar-refractivity contribution in [1.29, 1.82) is 0 Å². The molecular weight excluding hydrogens is 489 g/mol. The fraction of sp³-hybridized carbons (Fsp3) is 0.462. The number of nitrogens with one attached hydrogen (secondary N) is 1. The summed E-state index contributed by atoms with van der Waals surface area (Å²) < 4.78 is 48.1. The van der Waals surface area contributed by atoms with Crippen LogP contribution in [0.1, 0.15) is 57.7 Å². The number of hydrogen-bond donors (Lipinski definition) is 2. The summed E-state index contributed by atoms with van der Waals surface area (Å²) in [5, 5.41) is 12.6. The molecule has 1 aromatic carbocycles. The van der Waals surface area contributed by atoms with Crippen molar-refractivity contribution in [3.63, 3.8) is 0 Å². The predicted molar refractivity (Wildman–Crippen MR) is 137 cm³/mol. The average molecular weight is 521 g/mol. The number of anilines is 3. The van der Waals surface area contributed by atoms with Crippen molar-refractivity contribution < 1.29 is 23.0 Å². The minimum Gasteiger partial charge on any atom is -0.437 e. The fourth-order valence-corrected chi connectivity index (χ4v) is 5.52. The maximum atomic E-state index is 14.0. The number of aromatic nitrogens is 2. The number of piperidine rings is 1. The lowest BCUT2D eigenvalue weighted by Crippen LogP contribution is -2.40. The minimum absolute atomic E-state index is 0.0706. The Balaban J connectivity index is 1.66. The molecular formula is C26H31F3N4O2S. The molecule has 10 heteroatoms. The highest BCUT2D eigenvalue weighted by Gasteiger charge is 2.41. The lowest BCUT2D eigenvalue weighted by atomic mass is 9.86. The number of ether oxygens (including phenoxy) is 1. The topological polar surface area (TPSA) is 70.5 Å². The van der Waals surface area contributed by atoms with E-state index in [9.17, 15) is 18.3 Å². The second-order valence-electron chi connectivity index (χ2n) is 9.86. The van der Waals surface area contributed by atoms with E-state index in [4.69, 9.17) is 4.74 Å². The van der Waals surface area contributed by atoms with Gasteiger partial charge >= 0.3 is 6.18 Å². The monoisotopic (exact) mass is 520 g/mol. The van der Waals surface area contributed by atoms with Crippen LogP contribution >= 0.6 is 11.3 Å². The SMILES string of the molecule is CC(C)(C)c1ccccc1Oc1ncccc1Nc1nc(C(F)(F)F)c(N2CCCCC2CCO)s1. The lowest BCUT2D eigenvalue weighted by Gasteiger charge is -2.36. The van der Waals surface area contributed by atoms with E-state index in [0.29, 0.717) is 24.4 Å². The van der Waals surface area contributed by atoms with Crippen LogP contribution in [0.15, 0.2) is 42.6 Å². The second kappa shape index (κ2) is 10.6. The van der Waals surface area contributed by atoms with Crippen molar-refractivity contribution in [3.05, 3.63) is 53.9 Å². The van der Waals surface area contributed by atoms with Gasteiger partial charge in [-0.15, -0.1) is 0 Å². The molecule has 36 heavy (non-hydrogen) atoms. The van der Waals surface area contributed by atoms with E-state index in [1.54, 1.807) is 23.2 Å². The zero-order chi connectivity index (χ0) is 25.9. The van der Waals surface area contributed by atoms with Crippen LogP contribution in [0.4, 0.5) is 29.0 Å². The van der Waals surface area contributed by atoms with E-state index in [2.05, 4.69) is 36.1 Å². The summed E-state index contributed by atoms with van der Waals surface area (Å²) in [5.41, 5.74) is 0.312. The smallest absolute Gasteiger partial charge is 0.436 e. The minimum atomic E-state index is -4.60. The van der Waals surface area contributed by atoms with Gasteiger partial charge in [0.15, 0.2) is 10.8 Å². The van der Waals surface area contributed by atoms with Gasteiger partial charge in [0.05, 0.1) is 0 Å². The van der Waals surface area contributed by atoms with E-state index in [0.717, 1.165) is 36.2 Å². The number of thiazole rings is 1. The molecule has 1 aliphatic heterocycles. The Hall–Kier alpha value is -2.85. The highest BCUT2D eigenvalue weighted by Crippen LogP contribution is 2.45. The van der Waals surface area contributed by atoms with E-state index in [1.807, 2.05) is 24.3 Å². The van der Waals surface area contributed by atoms with E-state index < -0.39 is 11.9 Å². The molecule has 1 unspecified atom stereocenters. The van der Waals surface area contributed by atoms with Gasteiger partial charge < -0.3 is 20.1 Å². The molecule has 6 nitrogen and oxygen atoms in total. The van der Waals surface area contributed by atoms with Crippen LogP contribution in [0.5, 0.6) is 11.6 Å². The van der Waals surface area contributed by atoms with Gasteiger partial charge in [-0.3, -0.25) is 0 Å². The molecule has 2 aromatic heterocycles. The third-order valence-electron chi connectivity index (χ3n) is 6.14. The first-order valence-electron chi connectivity index (χ1n) is 12.0. The molecule has 0 aliphatic carbocycles. The van der Waals surface area contributed by atoms with Gasteiger partial charge in [0.1, 0.15) is 16.4 Å². The number of nitrogens with zero attached hydrogens (tertiary/aromatic N) is 3. The third-order valence-corrected chi connectivity index (χ3v) is 7.15. The fourth-order valence-electron chi connectivity index (χ4n) is 4.42. The quantitative estimate of drug-likeness (QED) is 0.345. The molecule has 0 bridgehead atoms. The number of aliphatic hydroxyl groups excluding tert-OH is 1. The van der Waals surface area contributed by atoms with Crippen molar-refractivity contribution in [3.8, 4) is 11.6 Å². The summed E-state index contributed by atoms with van der Waals surface area (Å²) in [4.78, 5) is 10.0. The first-order chi connectivity index (χ1) is 17.1. The average Bonchev–Trinajstić information content (AvgIpc) is 3.25. The maximum absolute atomic E-state index is 14.0. The second-order valence-corrected chi connectivity index (χ2v) is 10.8. The molecule has 0 saturated carbocycles. The standard InChI is InChI=1S/C26H31F3N4O2S/c1-25(2,3)18-10-4-5-12-20(18)35-22-19(11-8-14-30-22)31-24-32-21(26(27,28)29)23(36-24)33-15-7-6-9-17(33)13-16-34/h4-5,8,10-12,14,17,34H,6-7,9,13,15-16H2,1-3H3,(H,31,32). The van der Waals surface area contributed by atoms with Gasteiger partial charge in [0.2, 0.25) is 5.88 Å². The molecule has 1 fully saturated rings. The van der Waals surface area contributed by atoms with E-state index in [1.165, 1.54) is 0 Å². The molecule has 1 aliphatic rings. The van der Waals surface area contributed by atoms with Gasteiger partial charge in [-0.25, -0.2) is 9.97 Å². The van der Waals surface area contributed by atoms with Crippen molar-refractivity contribution in [1.82, 2.24) is 9.97 Å². The van der Waals surface area contributed by atoms with Crippen LogP contribution in [0.25, 0.3) is 0 Å². The zero-order valence-electron chi connectivity index (χ0n) is 20.6. The predicted octanol–water partition coefficient (Wildman–Crippen LogP) is 7.13. The van der Waals surface area contributed by atoms with Crippen LogP contribution < -0.4 is 15.0 Å². The molecule has 0 amide bonds. The molecule has 3 aromatic rings. The third kappa shape index (κ3) is 5.92. The summed E-state index contributed by atoms with van der Waals surface area (Å²) in [6.07, 6.45) is -0.140. The number of halogens is 3. The normalized spacial score (nSPS) is 16.8. The summed E-state index contributed by atoms with van der Waals surface area (Å²) in [6, 6.07) is 10.9. The largest absolute Gasteiger partial charge is 0.437 e. The van der Waals surface area contributed by atoms with E-state index >= 15 is 0 Å². The summed E-state index contributed by atoms with van der Waals surface area (Å²) in [7, 11) is 0. The van der Waals surface area contributed by atoms with Gasteiger partial charge in [0, 0.05) is 31.0 Å². The molecule has 3 heterocycles. The van der Waals surface area contributed by atoms with Crippen LogP contribution in [0.3, 0.4) is 0 Å². The molecule has 2 N–H and O–H groups in total. The number of benzene rings is 1. The molecule has 4 rings (SSSR count). The first kappa shape index (κ1) is 26.2. The number of pyridine rings is 1. The molecule has 0 spiro atoms. The van der Waals surface area contributed by atoms with Crippen LogP contribution in [-0.2, 0) is 11.6 Å². The summed E-state index contributed by atoms with van der Waals surface area (Å²) >= 11 is 0.958. The number of rotatable bonds is 7. The summed E-state index contributed by atoms with van der Waals surface area (Å²) in [6.45, 7) is 6.66. The Bertz CT molecular complexity index is 1170. The Morgan fingerprint density at radius 2 is 1.92 bits per heavy atom. The van der Waals surface area contributed by atoms with Gasteiger partial charge in [-0.05, 0) is 49.3 Å². The Kier molecular flexibility index (Phi) is 7.75. The lowest BCUT2D eigenvalue weighted by molar-refractivity contribution is -0.140. The molecule has 0 radical (unpaired) electrons. The van der Waals surface area contributed by atoms with E-state index in [-0.39, 0.29) is 34.1 Å². The Morgan fingerprint density at radius 3 is 2.64 bits per heavy atom. The Labute approximate surface area is 213 Å². The highest BCUT2D eigenvalue weighted by molar-refractivity contribution is 7.19. The number of para-hydroxylation sites is 1. The number of hydrogen-bond acceptors (Lipinski definition) is 7. The highest BCUT2D eigenvalue weighted by atomic mass is 32.1. The first-order valence-corrected chi connectivity index (χ1v) is 12.8. The number of aliphatic hydroxyl groups is 1. The van der Waals surface area contributed by atoms with Crippen LogP contribution in [0, 0.1) is 0 Å². The molecule has 194 valence electrons. The van der Waals surface area contributed by atoms with Crippen molar-refractivity contribution >= 4 is 27.2 Å². The van der Waals surface area contributed by atoms with Gasteiger partial charge in [-0.2, -0.15) is 13.2 Å². The van der Waals surface area contributed by atoms with Gasteiger partial charge in [0.25, 0.3) is 0 Å². The molecule has 1 atom stereocenters. The number of alkyl halides is 3. The van der Waals surface area contributed by atoms with Crippen LogP contribution in [-0.4, -0.2) is 34.3 Å². The van der Waals surface area contributed by atoms with Gasteiger partial charge in [-0.1, -0.05) is 50.3 Å². The Morgan fingerprint density at radius 1 is 1.14 bits per heavy atom. The van der Waals surface area contributed by atoms with Crippen molar-refractivity contribution in [2.75, 3.05) is 23.4 Å². The zero-order valence-corrected chi connectivity index (χ0v) is 21.4. The molecule has 1 saturated heterocycles.